The average molecular weight is 537 g/mol. The van der Waals surface area contributed by atoms with Gasteiger partial charge in [-0.15, -0.1) is 0 Å². The summed E-state index contributed by atoms with van der Waals surface area (Å²) in [5.41, 5.74) is 0.478. The fourth-order valence-electron chi connectivity index (χ4n) is 3.95. The van der Waals surface area contributed by atoms with Crippen LogP contribution in [0.15, 0.2) is 60.2 Å². The number of ketones is 1. The van der Waals surface area contributed by atoms with Crippen molar-refractivity contribution < 1.29 is 28.6 Å². The average Bonchev–Trinajstić information content (AvgIpc) is 3.10. The molecule has 1 fully saturated rings. The summed E-state index contributed by atoms with van der Waals surface area (Å²) in [7, 11) is 2.68. The molecule has 1 amide bonds. The molecule has 1 N–H and O–H groups in total. The molecule has 0 bridgehead atoms. The molecule has 0 radical (unpaired) electrons. The molecule has 1 saturated heterocycles. The number of carbonyl (C=O) groups excluding carboxylic acids is 2. The van der Waals surface area contributed by atoms with Crippen molar-refractivity contribution in [1.29, 1.82) is 0 Å². The number of methoxy groups -OCH3 is 2. The van der Waals surface area contributed by atoms with Crippen LogP contribution >= 0.6 is 34.8 Å². The SMILES string of the molecule is COc1c(Cl)cc(/C(O)=C2\C(=O)C(=O)N(c3ccc(F)cc3)C2c2ccc(Cl)cc2)c(OC)c1Cl. The van der Waals surface area contributed by atoms with Gasteiger partial charge in [-0.1, -0.05) is 46.9 Å². The van der Waals surface area contributed by atoms with Gasteiger partial charge in [0.2, 0.25) is 0 Å². The van der Waals surface area contributed by atoms with Gasteiger partial charge in [0, 0.05) is 10.7 Å². The van der Waals surface area contributed by atoms with Crippen LogP contribution in [0.25, 0.3) is 5.76 Å². The number of Topliss-reactive ketones (excluding diaryl/α,β-unsaturated/α-hetero) is 1. The fourth-order valence-corrected chi connectivity index (χ4v) is 4.77. The normalized spacial score (nSPS) is 17.1. The third-order valence-corrected chi connectivity index (χ3v) is 6.41. The number of ether oxygens (including phenoxy) is 2. The molecule has 1 heterocycles. The second kappa shape index (κ2) is 9.77. The van der Waals surface area contributed by atoms with Crippen LogP contribution in [0.4, 0.5) is 10.1 Å². The second-order valence-corrected chi connectivity index (χ2v) is 8.71. The van der Waals surface area contributed by atoms with Crippen molar-refractivity contribution in [3.8, 4) is 11.5 Å². The highest BCUT2D eigenvalue weighted by Crippen LogP contribution is 2.48. The number of halogens is 4. The topological polar surface area (TPSA) is 76.1 Å². The van der Waals surface area contributed by atoms with Gasteiger partial charge in [-0.3, -0.25) is 14.5 Å². The summed E-state index contributed by atoms with van der Waals surface area (Å²) in [6, 6.07) is 11.7. The number of aliphatic hydroxyl groups excluding tert-OH is 1. The molecule has 0 aliphatic carbocycles. The number of benzene rings is 3. The predicted octanol–water partition coefficient (Wildman–Crippen LogP) is 6.43. The number of amides is 1. The van der Waals surface area contributed by atoms with Crippen molar-refractivity contribution in [3.05, 3.63) is 92.2 Å². The van der Waals surface area contributed by atoms with E-state index in [2.05, 4.69) is 0 Å². The minimum absolute atomic E-state index is 0.00625. The van der Waals surface area contributed by atoms with Crippen molar-refractivity contribution in [2.24, 2.45) is 0 Å². The Kier molecular flexibility index (Phi) is 6.94. The molecule has 6 nitrogen and oxygen atoms in total. The molecule has 35 heavy (non-hydrogen) atoms. The van der Waals surface area contributed by atoms with Crippen molar-refractivity contribution >= 4 is 57.9 Å². The second-order valence-electron chi connectivity index (χ2n) is 7.48. The van der Waals surface area contributed by atoms with Gasteiger partial charge in [0.05, 0.1) is 36.4 Å². The molecular formula is C25H17Cl3FNO5. The lowest BCUT2D eigenvalue weighted by molar-refractivity contribution is -0.132. The highest BCUT2D eigenvalue weighted by atomic mass is 35.5. The summed E-state index contributed by atoms with van der Waals surface area (Å²) in [4.78, 5) is 27.6. The van der Waals surface area contributed by atoms with E-state index >= 15 is 0 Å². The molecule has 0 aromatic heterocycles. The zero-order valence-electron chi connectivity index (χ0n) is 18.3. The molecule has 1 unspecified atom stereocenters. The van der Waals surface area contributed by atoms with Crippen LogP contribution in [-0.2, 0) is 9.59 Å². The van der Waals surface area contributed by atoms with E-state index in [4.69, 9.17) is 44.3 Å². The van der Waals surface area contributed by atoms with Crippen LogP contribution in [0.3, 0.4) is 0 Å². The molecule has 3 aromatic carbocycles. The van der Waals surface area contributed by atoms with E-state index in [9.17, 15) is 19.1 Å². The number of rotatable bonds is 5. The van der Waals surface area contributed by atoms with Crippen LogP contribution < -0.4 is 14.4 Å². The van der Waals surface area contributed by atoms with Crippen LogP contribution in [-0.4, -0.2) is 31.0 Å². The summed E-state index contributed by atoms with van der Waals surface area (Å²) >= 11 is 18.7. The monoisotopic (exact) mass is 535 g/mol. The molecule has 180 valence electrons. The highest BCUT2D eigenvalue weighted by Gasteiger charge is 2.47. The standard InChI is InChI=1S/C25H17Cl3FNO5/c1-34-23-16(11-17(27)24(35-2)19(23)28)21(31)18-20(12-3-5-13(26)6-4-12)30(25(33)22(18)32)15-9-7-14(29)8-10-15/h3-11,20,31H,1-2H3/b21-18+. The van der Waals surface area contributed by atoms with Gasteiger partial charge in [-0.2, -0.15) is 0 Å². The maximum atomic E-state index is 13.6. The molecule has 1 aliphatic rings. The van der Waals surface area contributed by atoms with Gasteiger partial charge in [0.25, 0.3) is 11.7 Å². The van der Waals surface area contributed by atoms with Crippen molar-refractivity contribution in [3.63, 3.8) is 0 Å². The first-order valence-electron chi connectivity index (χ1n) is 10.1. The molecule has 10 heteroatoms. The largest absolute Gasteiger partial charge is 0.507 e. The Morgan fingerprint density at radius 1 is 0.943 bits per heavy atom. The summed E-state index contributed by atoms with van der Waals surface area (Å²) in [6.45, 7) is 0. The zero-order valence-corrected chi connectivity index (χ0v) is 20.6. The lowest BCUT2D eigenvalue weighted by Gasteiger charge is -2.25. The number of carbonyl (C=O) groups is 2. The lowest BCUT2D eigenvalue weighted by Crippen LogP contribution is -2.29. The van der Waals surface area contributed by atoms with Crippen LogP contribution in [0.2, 0.25) is 15.1 Å². The third kappa shape index (κ3) is 4.31. The number of hydrogen-bond donors (Lipinski definition) is 1. The number of aliphatic hydroxyl groups is 1. The Balaban J connectivity index is 2.01. The maximum Gasteiger partial charge on any atom is 0.300 e. The maximum absolute atomic E-state index is 13.6. The summed E-state index contributed by atoms with van der Waals surface area (Å²) in [6.07, 6.45) is 0. The Morgan fingerprint density at radius 2 is 1.54 bits per heavy atom. The first-order chi connectivity index (χ1) is 16.7. The van der Waals surface area contributed by atoms with Crippen molar-refractivity contribution in [2.75, 3.05) is 19.1 Å². The Hall–Kier alpha value is -3.26. The summed E-state index contributed by atoms with van der Waals surface area (Å²) in [5.74, 6) is -2.84. The minimum atomic E-state index is -1.07. The van der Waals surface area contributed by atoms with E-state index in [0.717, 1.165) is 0 Å². The number of nitrogens with zero attached hydrogens (tertiary/aromatic N) is 1. The smallest absolute Gasteiger partial charge is 0.300 e. The number of hydrogen-bond acceptors (Lipinski definition) is 5. The molecule has 0 spiro atoms. The van der Waals surface area contributed by atoms with E-state index in [1.54, 1.807) is 24.3 Å². The van der Waals surface area contributed by atoms with Crippen LogP contribution in [0, 0.1) is 5.82 Å². The van der Waals surface area contributed by atoms with E-state index < -0.39 is 29.3 Å². The van der Waals surface area contributed by atoms with Crippen molar-refractivity contribution in [2.45, 2.75) is 6.04 Å². The number of anilines is 1. The van der Waals surface area contributed by atoms with E-state index in [1.807, 2.05) is 0 Å². The molecular weight excluding hydrogens is 520 g/mol. The third-order valence-electron chi connectivity index (χ3n) is 5.53. The Labute approximate surface area is 215 Å². The molecule has 1 atom stereocenters. The first kappa shape index (κ1) is 24.9. The van der Waals surface area contributed by atoms with E-state index in [-0.39, 0.29) is 38.4 Å². The van der Waals surface area contributed by atoms with Gasteiger partial charge in [0.1, 0.15) is 16.6 Å². The van der Waals surface area contributed by atoms with E-state index in [0.29, 0.717) is 10.6 Å². The van der Waals surface area contributed by atoms with Crippen LogP contribution in [0.5, 0.6) is 11.5 Å². The zero-order chi connectivity index (χ0) is 25.4. The Morgan fingerprint density at radius 3 is 2.11 bits per heavy atom. The van der Waals surface area contributed by atoms with Gasteiger partial charge in [-0.25, -0.2) is 4.39 Å². The van der Waals surface area contributed by atoms with Gasteiger partial charge < -0.3 is 14.6 Å². The molecule has 3 aromatic rings. The first-order valence-corrected chi connectivity index (χ1v) is 11.2. The van der Waals surface area contributed by atoms with Gasteiger partial charge in [-0.05, 0) is 48.0 Å². The predicted molar refractivity (Wildman–Crippen MR) is 132 cm³/mol. The lowest BCUT2D eigenvalue weighted by atomic mass is 9.94. The van der Waals surface area contributed by atoms with Gasteiger partial charge >= 0.3 is 0 Å². The fraction of sp³-hybridized carbons (Fsp3) is 0.120. The summed E-state index contributed by atoms with van der Waals surface area (Å²) in [5, 5.41) is 11.8. The summed E-state index contributed by atoms with van der Waals surface area (Å²) < 4.78 is 24.1. The highest BCUT2D eigenvalue weighted by molar-refractivity contribution is 6.52. The van der Waals surface area contributed by atoms with Gasteiger partial charge in [0.15, 0.2) is 11.5 Å². The van der Waals surface area contributed by atoms with Crippen LogP contribution in [0.1, 0.15) is 17.2 Å². The minimum Gasteiger partial charge on any atom is -0.507 e. The molecule has 4 rings (SSSR count). The van der Waals surface area contributed by atoms with E-state index in [1.165, 1.54) is 49.5 Å². The Bertz CT molecular complexity index is 1360. The molecule has 0 saturated carbocycles. The molecule has 1 aliphatic heterocycles. The quantitative estimate of drug-likeness (QED) is 0.231. The van der Waals surface area contributed by atoms with Crippen molar-refractivity contribution in [1.82, 2.24) is 0 Å².